The van der Waals surface area contributed by atoms with Crippen molar-refractivity contribution in [2.75, 3.05) is 0 Å². The molecule has 0 bridgehead atoms. The number of aliphatic hydroxyl groups is 1. The number of aliphatic hydroxyl groups excluding tert-OH is 1. The van der Waals surface area contributed by atoms with Crippen LogP contribution in [0.15, 0.2) is 12.1 Å². The quantitative estimate of drug-likeness (QED) is 0.826. The monoisotopic (exact) mass is 208 g/mol. The largest absolute Gasteiger partial charge is 0.490 e. The summed E-state index contributed by atoms with van der Waals surface area (Å²) >= 11 is 0. The molecule has 0 heterocycles. The molecule has 84 valence electrons. The van der Waals surface area contributed by atoms with Crippen molar-refractivity contribution in [3.63, 3.8) is 0 Å². The van der Waals surface area contributed by atoms with Crippen LogP contribution in [0.3, 0.4) is 0 Å². The molecule has 0 saturated heterocycles. The summed E-state index contributed by atoms with van der Waals surface area (Å²) in [5.74, 6) is 0.833. The second-order valence-electron chi connectivity index (χ2n) is 4.27. The molecule has 15 heavy (non-hydrogen) atoms. The zero-order valence-electron chi connectivity index (χ0n) is 10.2. The Kier molecular flexibility index (Phi) is 3.75. The lowest BCUT2D eigenvalue weighted by atomic mass is 10.0. The van der Waals surface area contributed by atoms with E-state index in [1.54, 1.807) is 6.92 Å². The van der Waals surface area contributed by atoms with E-state index in [1.807, 2.05) is 39.8 Å². The molecular formula is C13H20O2. The highest BCUT2D eigenvalue weighted by Crippen LogP contribution is 2.31. The van der Waals surface area contributed by atoms with Crippen molar-refractivity contribution in [3.8, 4) is 5.75 Å². The first-order valence-corrected chi connectivity index (χ1v) is 5.38. The van der Waals surface area contributed by atoms with E-state index in [9.17, 15) is 5.11 Å². The standard InChI is InChI=1S/C13H20O2/c1-8(2)15-13-10(4)9(3)6-7-12(13)11(5)14/h6-8,11,14H,1-5H3. The van der Waals surface area contributed by atoms with Gasteiger partial charge in [-0.25, -0.2) is 0 Å². The van der Waals surface area contributed by atoms with Crippen LogP contribution in [-0.4, -0.2) is 11.2 Å². The van der Waals surface area contributed by atoms with E-state index in [0.29, 0.717) is 0 Å². The smallest absolute Gasteiger partial charge is 0.128 e. The molecule has 0 aliphatic carbocycles. The molecule has 1 unspecified atom stereocenters. The van der Waals surface area contributed by atoms with Crippen molar-refractivity contribution >= 4 is 0 Å². The van der Waals surface area contributed by atoms with Crippen molar-refractivity contribution in [2.24, 2.45) is 0 Å². The maximum absolute atomic E-state index is 9.65. The van der Waals surface area contributed by atoms with Crippen molar-refractivity contribution in [3.05, 3.63) is 28.8 Å². The average Bonchev–Trinajstić information content (AvgIpc) is 2.12. The third-order valence-electron chi connectivity index (χ3n) is 2.51. The maximum atomic E-state index is 9.65. The van der Waals surface area contributed by atoms with Crippen LogP contribution in [-0.2, 0) is 0 Å². The molecule has 1 rings (SSSR count). The predicted octanol–water partition coefficient (Wildman–Crippen LogP) is 3.14. The molecule has 0 spiro atoms. The molecule has 1 atom stereocenters. The minimum Gasteiger partial charge on any atom is -0.490 e. The van der Waals surface area contributed by atoms with Gasteiger partial charge in [0.1, 0.15) is 5.75 Å². The maximum Gasteiger partial charge on any atom is 0.128 e. The van der Waals surface area contributed by atoms with E-state index in [0.717, 1.165) is 16.9 Å². The number of benzene rings is 1. The summed E-state index contributed by atoms with van der Waals surface area (Å²) in [6.07, 6.45) is -0.360. The third-order valence-corrected chi connectivity index (χ3v) is 2.51. The Labute approximate surface area is 91.9 Å². The van der Waals surface area contributed by atoms with Gasteiger partial charge in [-0.2, -0.15) is 0 Å². The SMILES string of the molecule is Cc1ccc(C(C)O)c(OC(C)C)c1C. The molecule has 0 saturated carbocycles. The van der Waals surface area contributed by atoms with E-state index >= 15 is 0 Å². The number of aryl methyl sites for hydroxylation is 1. The highest BCUT2D eigenvalue weighted by Gasteiger charge is 2.14. The lowest BCUT2D eigenvalue weighted by Crippen LogP contribution is -2.10. The summed E-state index contributed by atoms with van der Waals surface area (Å²) in [5, 5.41) is 9.65. The Bertz CT molecular complexity index is 341. The van der Waals surface area contributed by atoms with Gasteiger partial charge in [0.15, 0.2) is 0 Å². The second-order valence-corrected chi connectivity index (χ2v) is 4.27. The van der Waals surface area contributed by atoms with E-state index in [1.165, 1.54) is 5.56 Å². The van der Waals surface area contributed by atoms with Gasteiger partial charge in [0.05, 0.1) is 12.2 Å². The van der Waals surface area contributed by atoms with Gasteiger partial charge >= 0.3 is 0 Å². The van der Waals surface area contributed by atoms with Crippen LogP contribution in [0.25, 0.3) is 0 Å². The lowest BCUT2D eigenvalue weighted by Gasteiger charge is -2.19. The summed E-state index contributed by atoms with van der Waals surface area (Å²) in [5.41, 5.74) is 3.17. The first-order valence-electron chi connectivity index (χ1n) is 5.38. The molecule has 2 heteroatoms. The molecule has 1 aromatic carbocycles. The molecule has 1 N–H and O–H groups in total. The number of rotatable bonds is 3. The van der Waals surface area contributed by atoms with Crippen LogP contribution in [0.5, 0.6) is 5.75 Å². The summed E-state index contributed by atoms with van der Waals surface area (Å²) in [7, 11) is 0. The number of hydrogen-bond acceptors (Lipinski definition) is 2. The fourth-order valence-corrected chi connectivity index (χ4v) is 1.53. The molecule has 0 aliphatic rings. The van der Waals surface area contributed by atoms with Gasteiger partial charge in [0.2, 0.25) is 0 Å². The van der Waals surface area contributed by atoms with Gasteiger partial charge < -0.3 is 9.84 Å². The van der Waals surface area contributed by atoms with E-state index in [-0.39, 0.29) is 6.10 Å². The van der Waals surface area contributed by atoms with E-state index in [4.69, 9.17) is 4.74 Å². The summed E-state index contributed by atoms with van der Waals surface area (Å²) in [6, 6.07) is 3.95. The molecule has 0 amide bonds. The van der Waals surface area contributed by atoms with Crippen molar-refractivity contribution in [1.82, 2.24) is 0 Å². The fraction of sp³-hybridized carbons (Fsp3) is 0.538. The number of ether oxygens (including phenoxy) is 1. The van der Waals surface area contributed by atoms with Gasteiger partial charge in [-0.05, 0) is 45.7 Å². The predicted molar refractivity (Wildman–Crippen MR) is 62.3 cm³/mol. The Balaban J connectivity index is 3.22. The third kappa shape index (κ3) is 2.72. The zero-order chi connectivity index (χ0) is 11.6. The Morgan fingerprint density at radius 2 is 1.73 bits per heavy atom. The highest BCUT2D eigenvalue weighted by atomic mass is 16.5. The molecule has 0 radical (unpaired) electrons. The van der Waals surface area contributed by atoms with Gasteiger partial charge in [-0.1, -0.05) is 12.1 Å². The molecule has 2 nitrogen and oxygen atoms in total. The van der Waals surface area contributed by atoms with Crippen molar-refractivity contribution in [1.29, 1.82) is 0 Å². The lowest BCUT2D eigenvalue weighted by molar-refractivity contribution is 0.182. The van der Waals surface area contributed by atoms with Crippen LogP contribution in [0.1, 0.15) is 43.6 Å². The van der Waals surface area contributed by atoms with Gasteiger partial charge in [-0.3, -0.25) is 0 Å². The first-order chi connectivity index (χ1) is 6.93. The second kappa shape index (κ2) is 4.67. The molecule has 1 aromatic rings. The Morgan fingerprint density at radius 3 is 2.20 bits per heavy atom. The molecule has 0 aliphatic heterocycles. The van der Waals surface area contributed by atoms with Crippen molar-refractivity contribution in [2.45, 2.75) is 46.8 Å². The van der Waals surface area contributed by atoms with Crippen LogP contribution >= 0.6 is 0 Å². The normalized spacial score (nSPS) is 13.0. The van der Waals surface area contributed by atoms with Crippen molar-refractivity contribution < 1.29 is 9.84 Å². The van der Waals surface area contributed by atoms with Crippen LogP contribution < -0.4 is 4.74 Å². The van der Waals surface area contributed by atoms with Gasteiger partial charge in [-0.15, -0.1) is 0 Å². The minimum atomic E-state index is -0.488. The van der Waals surface area contributed by atoms with Crippen LogP contribution in [0, 0.1) is 13.8 Å². The van der Waals surface area contributed by atoms with E-state index < -0.39 is 6.10 Å². The van der Waals surface area contributed by atoms with E-state index in [2.05, 4.69) is 0 Å². The fourth-order valence-electron chi connectivity index (χ4n) is 1.53. The molecule has 0 fully saturated rings. The topological polar surface area (TPSA) is 29.5 Å². The van der Waals surface area contributed by atoms with Gasteiger partial charge in [0, 0.05) is 5.56 Å². The summed E-state index contributed by atoms with van der Waals surface area (Å²) in [6.45, 7) is 9.83. The summed E-state index contributed by atoms with van der Waals surface area (Å²) in [4.78, 5) is 0. The van der Waals surface area contributed by atoms with Crippen LogP contribution in [0.2, 0.25) is 0 Å². The first kappa shape index (κ1) is 12.1. The highest BCUT2D eigenvalue weighted by molar-refractivity contribution is 5.46. The number of hydrogen-bond donors (Lipinski definition) is 1. The zero-order valence-corrected chi connectivity index (χ0v) is 10.2. The average molecular weight is 208 g/mol. The molecular weight excluding hydrogens is 188 g/mol. The minimum absolute atomic E-state index is 0.128. The van der Waals surface area contributed by atoms with Crippen LogP contribution in [0.4, 0.5) is 0 Å². The van der Waals surface area contributed by atoms with Gasteiger partial charge in [0.25, 0.3) is 0 Å². The molecule has 0 aromatic heterocycles. The summed E-state index contributed by atoms with van der Waals surface area (Å²) < 4.78 is 5.76. The Hall–Kier alpha value is -1.02. The Morgan fingerprint density at radius 1 is 1.13 bits per heavy atom.